The second-order valence-corrected chi connectivity index (χ2v) is 7.03. The van der Waals surface area contributed by atoms with Crippen molar-refractivity contribution in [1.29, 1.82) is 0 Å². The molecule has 0 spiro atoms. The van der Waals surface area contributed by atoms with E-state index in [4.69, 9.17) is 0 Å². The highest BCUT2D eigenvalue weighted by Gasteiger charge is 2.23. The predicted molar refractivity (Wildman–Crippen MR) is 96.2 cm³/mol. The molecule has 24 heavy (non-hydrogen) atoms. The van der Waals surface area contributed by atoms with E-state index in [1.807, 2.05) is 6.07 Å². The monoisotopic (exact) mass is 340 g/mol. The van der Waals surface area contributed by atoms with Crippen molar-refractivity contribution in [3.63, 3.8) is 0 Å². The molecular weight excluding hydrogens is 320 g/mol. The second-order valence-electron chi connectivity index (χ2n) is 6.12. The summed E-state index contributed by atoms with van der Waals surface area (Å²) in [5.74, 6) is 1.08. The van der Waals surface area contributed by atoms with Crippen molar-refractivity contribution in [3.8, 4) is 0 Å². The lowest BCUT2D eigenvalue weighted by Crippen LogP contribution is -2.43. The second kappa shape index (κ2) is 6.78. The Kier molecular flexibility index (Phi) is 4.36. The van der Waals surface area contributed by atoms with Crippen LogP contribution in [0.3, 0.4) is 0 Å². The summed E-state index contributed by atoms with van der Waals surface area (Å²) in [5.41, 5.74) is 2.09. The molecule has 1 saturated heterocycles. The summed E-state index contributed by atoms with van der Waals surface area (Å²) in [7, 11) is 0. The number of nitrogens with one attached hydrogen (secondary N) is 1. The molecule has 0 aliphatic carbocycles. The first-order valence-electron chi connectivity index (χ1n) is 8.26. The van der Waals surface area contributed by atoms with E-state index in [9.17, 15) is 0 Å². The van der Waals surface area contributed by atoms with Gasteiger partial charge in [-0.05, 0) is 37.3 Å². The Balaban J connectivity index is 1.39. The fraction of sp³-hybridized carbons (Fsp3) is 0.412. The molecule has 3 aromatic rings. The molecule has 6 nitrogen and oxygen atoms in total. The summed E-state index contributed by atoms with van der Waals surface area (Å²) in [6.07, 6.45) is 7.28. The standard InChI is InChI=1S/C17H20N6S/c1-12(14-2-6-18-10-19-14)22-13-3-7-23(8-4-13)17-16-15(5-9-24-16)20-11-21-17/h2,5-6,9-13,22H,3-4,7-8H2,1H3. The molecule has 0 aromatic carbocycles. The first-order chi connectivity index (χ1) is 11.8. The molecule has 4 heterocycles. The Bertz CT molecular complexity index is 797. The van der Waals surface area contributed by atoms with Gasteiger partial charge in [-0.15, -0.1) is 11.3 Å². The molecule has 0 saturated carbocycles. The van der Waals surface area contributed by atoms with Gasteiger partial charge in [0.1, 0.15) is 18.5 Å². The number of thiophene rings is 1. The zero-order valence-corrected chi connectivity index (χ0v) is 14.4. The van der Waals surface area contributed by atoms with E-state index in [1.54, 1.807) is 30.2 Å². The molecule has 124 valence electrons. The molecule has 1 aliphatic heterocycles. The van der Waals surface area contributed by atoms with Crippen molar-refractivity contribution < 1.29 is 0 Å². The number of nitrogens with zero attached hydrogens (tertiary/aromatic N) is 5. The van der Waals surface area contributed by atoms with Gasteiger partial charge in [0.05, 0.1) is 15.9 Å². The highest BCUT2D eigenvalue weighted by Crippen LogP contribution is 2.29. The number of anilines is 1. The summed E-state index contributed by atoms with van der Waals surface area (Å²) >= 11 is 1.72. The van der Waals surface area contributed by atoms with Crippen LogP contribution in [0.4, 0.5) is 5.82 Å². The van der Waals surface area contributed by atoms with E-state index < -0.39 is 0 Å². The van der Waals surface area contributed by atoms with E-state index in [1.165, 1.54) is 4.70 Å². The highest BCUT2D eigenvalue weighted by atomic mass is 32.1. The molecule has 1 N–H and O–H groups in total. The van der Waals surface area contributed by atoms with Crippen molar-refractivity contribution in [1.82, 2.24) is 25.3 Å². The Labute approximate surface area is 145 Å². The largest absolute Gasteiger partial charge is 0.355 e. The van der Waals surface area contributed by atoms with Crippen molar-refractivity contribution in [3.05, 3.63) is 42.1 Å². The van der Waals surface area contributed by atoms with Crippen molar-refractivity contribution in [2.24, 2.45) is 0 Å². The van der Waals surface area contributed by atoms with Crippen molar-refractivity contribution in [2.45, 2.75) is 31.8 Å². The van der Waals surface area contributed by atoms with Crippen LogP contribution in [0, 0.1) is 0 Å². The zero-order valence-electron chi connectivity index (χ0n) is 13.6. The highest BCUT2D eigenvalue weighted by molar-refractivity contribution is 7.17. The van der Waals surface area contributed by atoms with Crippen LogP contribution in [0.25, 0.3) is 10.2 Å². The fourth-order valence-electron chi connectivity index (χ4n) is 3.26. The van der Waals surface area contributed by atoms with Gasteiger partial charge >= 0.3 is 0 Å². The summed E-state index contributed by atoms with van der Waals surface area (Å²) in [6.45, 7) is 4.19. The number of hydrogen-bond acceptors (Lipinski definition) is 7. The maximum Gasteiger partial charge on any atom is 0.150 e. The third-order valence-electron chi connectivity index (χ3n) is 4.55. The van der Waals surface area contributed by atoms with Crippen LogP contribution >= 0.6 is 11.3 Å². The van der Waals surface area contributed by atoms with Crippen LogP contribution in [0.5, 0.6) is 0 Å². The van der Waals surface area contributed by atoms with Crippen LogP contribution < -0.4 is 10.2 Å². The Morgan fingerprint density at radius 3 is 2.83 bits per heavy atom. The normalized spacial score (nSPS) is 17.3. The zero-order chi connectivity index (χ0) is 16.4. The van der Waals surface area contributed by atoms with Gasteiger partial charge in [-0.1, -0.05) is 0 Å². The van der Waals surface area contributed by atoms with Gasteiger partial charge in [0, 0.05) is 31.4 Å². The average molecular weight is 340 g/mol. The molecule has 0 amide bonds. The molecule has 0 radical (unpaired) electrons. The smallest absolute Gasteiger partial charge is 0.150 e. The lowest BCUT2D eigenvalue weighted by Gasteiger charge is -2.34. The third kappa shape index (κ3) is 3.09. The number of aromatic nitrogens is 4. The first-order valence-corrected chi connectivity index (χ1v) is 9.14. The SMILES string of the molecule is CC(NC1CCN(c2ncnc3ccsc23)CC1)c1ccncn1. The summed E-state index contributed by atoms with van der Waals surface area (Å²) in [4.78, 5) is 19.6. The fourth-order valence-corrected chi connectivity index (χ4v) is 4.12. The molecule has 7 heteroatoms. The van der Waals surface area contributed by atoms with Gasteiger partial charge < -0.3 is 10.2 Å². The molecule has 0 bridgehead atoms. The van der Waals surface area contributed by atoms with Crippen molar-refractivity contribution >= 4 is 27.4 Å². The molecule has 1 aliphatic rings. The predicted octanol–water partition coefficient (Wildman–Crippen LogP) is 2.80. The van der Waals surface area contributed by atoms with E-state index in [2.05, 4.69) is 48.5 Å². The molecular formula is C17H20N6S. The van der Waals surface area contributed by atoms with E-state index in [0.717, 1.165) is 43.0 Å². The number of fused-ring (bicyclic) bond motifs is 1. The van der Waals surface area contributed by atoms with Crippen LogP contribution in [-0.4, -0.2) is 39.1 Å². The third-order valence-corrected chi connectivity index (χ3v) is 5.45. The van der Waals surface area contributed by atoms with E-state index in [0.29, 0.717) is 6.04 Å². The minimum atomic E-state index is 0.243. The Hall–Kier alpha value is -2.12. The molecule has 1 atom stereocenters. The van der Waals surface area contributed by atoms with Crippen LogP contribution in [-0.2, 0) is 0 Å². The summed E-state index contributed by atoms with van der Waals surface area (Å²) < 4.78 is 1.19. The van der Waals surface area contributed by atoms with Gasteiger partial charge in [0.25, 0.3) is 0 Å². The van der Waals surface area contributed by atoms with Gasteiger partial charge in [0.15, 0.2) is 0 Å². The molecule has 4 rings (SSSR count). The maximum atomic E-state index is 4.52. The quantitative estimate of drug-likeness (QED) is 0.788. The van der Waals surface area contributed by atoms with E-state index >= 15 is 0 Å². The molecule has 1 unspecified atom stereocenters. The summed E-state index contributed by atoms with van der Waals surface area (Å²) in [6, 6.07) is 4.78. The van der Waals surface area contributed by atoms with Gasteiger partial charge in [-0.3, -0.25) is 0 Å². The topological polar surface area (TPSA) is 66.8 Å². The minimum absolute atomic E-state index is 0.243. The van der Waals surface area contributed by atoms with Gasteiger partial charge in [0.2, 0.25) is 0 Å². The number of rotatable bonds is 4. The molecule has 1 fully saturated rings. The Morgan fingerprint density at radius 1 is 1.17 bits per heavy atom. The van der Waals surface area contributed by atoms with Crippen LogP contribution in [0.15, 0.2) is 36.4 Å². The van der Waals surface area contributed by atoms with Crippen molar-refractivity contribution in [2.75, 3.05) is 18.0 Å². The maximum absolute atomic E-state index is 4.52. The lowest BCUT2D eigenvalue weighted by molar-refractivity contribution is 0.377. The minimum Gasteiger partial charge on any atom is -0.355 e. The first kappa shape index (κ1) is 15.4. The van der Waals surface area contributed by atoms with Gasteiger partial charge in [-0.2, -0.15) is 0 Å². The van der Waals surface area contributed by atoms with Gasteiger partial charge in [-0.25, -0.2) is 19.9 Å². The lowest BCUT2D eigenvalue weighted by atomic mass is 10.0. The number of hydrogen-bond donors (Lipinski definition) is 1. The average Bonchev–Trinajstić information content (AvgIpc) is 3.12. The molecule has 3 aromatic heterocycles. The van der Waals surface area contributed by atoms with Crippen LogP contribution in [0.1, 0.15) is 31.5 Å². The van der Waals surface area contributed by atoms with E-state index in [-0.39, 0.29) is 6.04 Å². The Morgan fingerprint density at radius 2 is 2.04 bits per heavy atom. The number of piperidine rings is 1. The van der Waals surface area contributed by atoms with Crippen LogP contribution in [0.2, 0.25) is 0 Å². The summed E-state index contributed by atoms with van der Waals surface area (Å²) in [5, 5.41) is 5.78.